The van der Waals surface area contributed by atoms with Crippen molar-refractivity contribution < 1.29 is 4.74 Å². The van der Waals surface area contributed by atoms with Gasteiger partial charge in [0.15, 0.2) is 5.82 Å². The number of hydrogen-bond acceptors (Lipinski definition) is 4. The van der Waals surface area contributed by atoms with Gasteiger partial charge in [0.2, 0.25) is 0 Å². The summed E-state index contributed by atoms with van der Waals surface area (Å²) in [5.41, 5.74) is 4.15. The number of pyridine rings is 1. The molecule has 0 atom stereocenters. The topological polar surface area (TPSA) is 52.0 Å². The van der Waals surface area contributed by atoms with E-state index in [-0.39, 0.29) is 0 Å². The summed E-state index contributed by atoms with van der Waals surface area (Å²) in [5, 5.41) is 9.49. The lowest BCUT2D eigenvalue weighted by atomic mass is 10.1. The molecule has 3 rings (SSSR count). The molecule has 0 aliphatic carbocycles. The van der Waals surface area contributed by atoms with Crippen LogP contribution in [0.2, 0.25) is 5.15 Å². The molecular weight excluding hydrogens is 312 g/mol. The Morgan fingerprint density at radius 3 is 2.78 bits per heavy atom. The van der Waals surface area contributed by atoms with Gasteiger partial charge < -0.3 is 10.1 Å². The molecule has 0 aliphatic heterocycles. The third kappa shape index (κ3) is 2.72. The normalized spacial score (nSPS) is 11.0. The molecule has 2 aromatic heterocycles. The predicted molar refractivity (Wildman–Crippen MR) is 94.0 cm³/mol. The van der Waals surface area contributed by atoms with E-state index in [1.165, 1.54) is 0 Å². The van der Waals surface area contributed by atoms with Crippen LogP contribution in [0.1, 0.15) is 18.1 Å². The van der Waals surface area contributed by atoms with E-state index in [9.17, 15) is 0 Å². The zero-order valence-corrected chi connectivity index (χ0v) is 14.4. The zero-order valence-electron chi connectivity index (χ0n) is 13.6. The number of hydrogen-bond donors (Lipinski definition) is 1. The van der Waals surface area contributed by atoms with Crippen LogP contribution in [0.3, 0.4) is 0 Å². The number of anilines is 2. The molecule has 0 amide bonds. The Kier molecular flexibility index (Phi) is 4.13. The van der Waals surface area contributed by atoms with Crippen molar-refractivity contribution in [2.45, 2.75) is 27.3 Å². The molecule has 2 heterocycles. The molecule has 0 aliphatic rings. The summed E-state index contributed by atoms with van der Waals surface area (Å²) in [5.74, 6) is 1.61. The van der Waals surface area contributed by atoms with Crippen molar-refractivity contribution in [3.8, 4) is 5.75 Å². The van der Waals surface area contributed by atoms with Gasteiger partial charge in [0.25, 0.3) is 0 Å². The van der Waals surface area contributed by atoms with Gasteiger partial charge in [0.1, 0.15) is 10.9 Å². The number of nitrogens with one attached hydrogen (secondary N) is 1. The van der Waals surface area contributed by atoms with Crippen LogP contribution in [0.4, 0.5) is 11.5 Å². The number of rotatable bonds is 4. The standard InChI is InChI=1S/C17H19ClN4O/c1-5-22-13-8-15(18)19-9-12(13)17(21-22)20-16-10(2)6-7-14(23-4)11(16)3/h6-9H,5H2,1-4H3,(H,20,21). The summed E-state index contributed by atoms with van der Waals surface area (Å²) in [6.45, 7) is 6.90. The number of fused-ring (bicyclic) bond motifs is 1. The molecule has 0 fully saturated rings. The first-order valence-corrected chi connectivity index (χ1v) is 7.86. The van der Waals surface area contributed by atoms with E-state index in [2.05, 4.69) is 22.3 Å². The van der Waals surface area contributed by atoms with Gasteiger partial charge in [-0.1, -0.05) is 17.7 Å². The maximum Gasteiger partial charge on any atom is 0.161 e. The molecule has 6 heteroatoms. The van der Waals surface area contributed by atoms with Crippen molar-refractivity contribution in [1.29, 1.82) is 0 Å². The molecule has 0 spiro atoms. The van der Waals surface area contributed by atoms with E-state index in [0.29, 0.717) is 5.15 Å². The van der Waals surface area contributed by atoms with Gasteiger partial charge in [-0.25, -0.2) is 4.98 Å². The van der Waals surface area contributed by atoms with Gasteiger partial charge in [-0.3, -0.25) is 4.68 Å². The van der Waals surface area contributed by atoms with Gasteiger partial charge in [-0.05, 0) is 32.4 Å². The predicted octanol–water partition coefficient (Wildman–Crippen LogP) is 4.47. The first-order valence-electron chi connectivity index (χ1n) is 7.48. The molecule has 23 heavy (non-hydrogen) atoms. The number of methoxy groups -OCH3 is 1. The molecule has 1 N–H and O–H groups in total. The number of benzene rings is 1. The van der Waals surface area contributed by atoms with E-state index in [1.807, 2.05) is 36.7 Å². The fourth-order valence-corrected chi connectivity index (χ4v) is 2.89. The highest BCUT2D eigenvalue weighted by atomic mass is 35.5. The number of halogens is 1. The first-order chi connectivity index (χ1) is 11.0. The van der Waals surface area contributed by atoms with Crippen molar-refractivity contribution in [3.63, 3.8) is 0 Å². The van der Waals surface area contributed by atoms with Crippen LogP contribution in [0, 0.1) is 13.8 Å². The molecule has 0 saturated heterocycles. The quantitative estimate of drug-likeness (QED) is 0.717. The van der Waals surface area contributed by atoms with Crippen molar-refractivity contribution in [3.05, 3.63) is 40.7 Å². The minimum atomic E-state index is 0.465. The molecule has 0 bridgehead atoms. The van der Waals surface area contributed by atoms with Crippen molar-refractivity contribution in [1.82, 2.24) is 14.8 Å². The second-order valence-corrected chi connectivity index (χ2v) is 5.79. The van der Waals surface area contributed by atoms with Crippen molar-refractivity contribution in [2.24, 2.45) is 0 Å². The van der Waals surface area contributed by atoms with Crippen LogP contribution in [-0.2, 0) is 6.54 Å². The Balaban J connectivity index is 2.13. The Morgan fingerprint density at radius 1 is 1.30 bits per heavy atom. The van der Waals surface area contributed by atoms with Crippen molar-refractivity contribution >= 4 is 34.0 Å². The van der Waals surface area contributed by atoms with E-state index in [0.717, 1.165) is 45.8 Å². The lowest BCUT2D eigenvalue weighted by Crippen LogP contribution is -2.01. The van der Waals surface area contributed by atoms with Gasteiger partial charge >= 0.3 is 0 Å². The van der Waals surface area contributed by atoms with E-state index >= 15 is 0 Å². The summed E-state index contributed by atoms with van der Waals surface area (Å²) in [4.78, 5) is 4.18. The monoisotopic (exact) mass is 330 g/mol. The van der Waals surface area contributed by atoms with Gasteiger partial charge in [0.05, 0.1) is 18.0 Å². The van der Waals surface area contributed by atoms with Crippen LogP contribution in [0.15, 0.2) is 24.4 Å². The highest BCUT2D eigenvalue weighted by Crippen LogP contribution is 2.33. The van der Waals surface area contributed by atoms with Crippen LogP contribution < -0.4 is 10.1 Å². The maximum atomic E-state index is 6.02. The molecule has 0 unspecified atom stereocenters. The molecule has 3 aromatic rings. The highest BCUT2D eigenvalue weighted by Gasteiger charge is 2.14. The Hall–Kier alpha value is -2.27. The molecule has 0 radical (unpaired) electrons. The largest absolute Gasteiger partial charge is 0.496 e. The molecular formula is C17H19ClN4O. The fraction of sp³-hybridized carbons (Fsp3) is 0.294. The fourth-order valence-electron chi connectivity index (χ4n) is 2.74. The Morgan fingerprint density at radius 2 is 2.09 bits per heavy atom. The summed E-state index contributed by atoms with van der Waals surface area (Å²) in [6.07, 6.45) is 1.75. The van der Waals surface area contributed by atoms with E-state index in [4.69, 9.17) is 16.3 Å². The van der Waals surface area contributed by atoms with Crippen LogP contribution in [-0.4, -0.2) is 21.9 Å². The second kappa shape index (κ2) is 6.08. The molecule has 120 valence electrons. The Labute approximate surface area is 140 Å². The van der Waals surface area contributed by atoms with Gasteiger partial charge in [0, 0.05) is 30.1 Å². The minimum absolute atomic E-state index is 0.465. The highest BCUT2D eigenvalue weighted by molar-refractivity contribution is 6.30. The molecule has 0 saturated carbocycles. The Bertz CT molecular complexity index is 873. The number of nitrogens with zero attached hydrogens (tertiary/aromatic N) is 3. The summed E-state index contributed by atoms with van der Waals surface area (Å²) < 4.78 is 7.33. The maximum absolute atomic E-state index is 6.02. The average molecular weight is 331 g/mol. The van der Waals surface area contributed by atoms with Gasteiger partial charge in [-0.2, -0.15) is 5.10 Å². The van der Waals surface area contributed by atoms with E-state index in [1.54, 1.807) is 13.3 Å². The van der Waals surface area contributed by atoms with Gasteiger partial charge in [-0.15, -0.1) is 0 Å². The lowest BCUT2D eigenvalue weighted by Gasteiger charge is -2.14. The SMILES string of the molecule is CCn1nc(Nc2c(C)ccc(OC)c2C)c2cnc(Cl)cc21. The third-order valence-electron chi connectivity index (χ3n) is 3.99. The average Bonchev–Trinajstić information content (AvgIpc) is 2.88. The van der Waals surface area contributed by atoms with Crippen molar-refractivity contribution in [2.75, 3.05) is 12.4 Å². The first kappa shape index (κ1) is 15.6. The number of aromatic nitrogens is 3. The number of ether oxygens (including phenoxy) is 1. The van der Waals surface area contributed by atoms with Crippen LogP contribution in [0.25, 0.3) is 10.9 Å². The lowest BCUT2D eigenvalue weighted by molar-refractivity contribution is 0.412. The zero-order chi connectivity index (χ0) is 16.6. The third-order valence-corrected chi connectivity index (χ3v) is 4.20. The second-order valence-electron chi connectivity index (χ2n) is 5.40. The molecule has 5 nitrogen and oxygen atoms in total. The minimum Gasteiger partial charge on any atom is -0.496 e. The summed E-state index contributed by atoms with van der Waals surface area (Å²) in [6, 6.07) is 5.84. The molecule has 1 aromatic carbocycles. The number of aryl methyl sites for hydroxylation is 2. The van der Waals surface area contributed by atoms with E-state index < -0.39 is 0 Å². The summed E-state index contributed by atoms with van der Waals surface area (Å²) in [7, 11) is 1.68. The van der Waals surface area contributed by atoms with Crippen LogP contribution in [0.5, 0.6) is 5.75 Å². The smallest absolute Gasteiger partial charge is 0.161 e. The summed E-state index contributed by atoms with van der Waals surface area (Å²) >= 11 is 6.02. The van der Waals surface area contributed by atoms with Crippen LogP contribution >= 0.6 is 11.6 Å².